The van der Waals surface area contributed by atoms with Crippen LogP contribution in [0.1, 0.15) is 99.3 Å². The Bertz CT molecular complexity index is 2680. The van der Waals surface area contributed by atoms with E-state index >= 15 is 4.39 Å². The van der Waals surface area contributed by atoms with E-state index in [1.165, 1.54) is 15.2 Å². The molecule has 2 spiro atoms. The van der Waals surface area contributed by atoms with Crippen molar-refractivity contribution in [3.63, 3.8) is 0 Å². The second kappa shape index (κ2) is 17.0. The predicted octanol–water partition coefficient (Wildman–Crippen LogP) is 5.43. The number of hydrogen-bond acceptors (Lipinski definition) is 8. The molecule has 4 N–H and O–H groups in total. The maximum atomic E-state index is 16.3. The lowest BCUT2D eigenvalue weighted by Gasteiger charge is -2.47. The van der Waals surface area contributed by atoms with Gasteiger partial charge in [0.15, 0.2) is 0 Å². The lowest BCUT2D eigenvalue weighted by Crippen LogP contribution is -2.60. The van der Waals surface area contributed by atoms with E-state index in [2.05, 4.69) is 26.2 Å². The minimum Gasteiger partial charge on any atom is -0.352 e. The zero-order valence-corrected chi connectivity index (χ0v) is 37.8. The molecule has 14 nitrogen and oxygen atoms in total. The van der Waals surface area contributed by atoms with Crippen molar-refractivity contribution in [3.8, 4) is 0 Å². The fourth-order valence-corrected chi connectivity index (χ4v) is 12.7. The molecule has 6 aliphatic rings. The molecule has 3 saturated heterocycles. The topological polar surface area (TPSA) is 167 Å². The SMILES string of the molecule is Cn1c(=O)n(C2CCC(=O)NC2=O)c2ccc(CN3CCN(C(=O)C4CCC(NC(=O)C5NC6(CCCCC6)[C@@]6(C(=O)Nc7cc(Cl)ccc76)[C@H]5c5cccc(Cl)c5F)CC4)CC3)cc21. The number of imide groups is 1. The minimum absolute atomic E-state index is 0.0759. The molecule has 4 aromatic rings. The smallest absolute Gasteiger partial charge is 0.329 e. The zero-order valence-electron chi connectivity index (χ0n) is 36.3. The van der Waals surface area contributed by atoms with Gasteiger partial charge in [0.25, 0.3) is 0 Å². The van der Waals surface area contributed by atoms with Crippen LogP contribution in [-0.2, 0) is 43.0 Å². The fourth-order valence-electron chi connectivity index (χ4n) is 12.4. The summed E-state index contributed by atoms with van der Waals surface area (Å²) in [6, 6.07) is 14.0. The number of fused-ring (bicyclic) bond motifs is 4. The van der Waals surface area contributed by atoms with Crippen molar-refractivity contribution in [2.45, 2.75) is 112 Å². The highest BCUT2D eigenvalue weighted by Gasteiger charge is 2.72. The number of nitrogens with zero attached hydrogens (tertiary/aromatic N) is 4. The Hall–Kier alpha value is -5.09. The first-order valence-electron chi connectivity index (χ1n) is 23.0. The van der Waals surface area contributed by atoms with Gasteiger partial charge in [-0.1, -0.05) is 66.7 Å². The first-order chi connectivity index (χ1) is 31.3. The third-order valence-corrected chi connectivity index (χ3v) is 16.0. The van der Waals surface area contributed by atoms with E-state index in [4.69, 9.17) is 23.2 Å². The highest BCUT2D eigenvalue weighted by Crippen LogP contribution is 2.63. The summed E-state index contributed by atoms with van der Waals surface area (Å²) in [6.07, 6.45) is 6.87. The van der Waals surface area contributed by atoms with E-state index in [9.17, 15) is 28.8 Å². The molecule has 0 radical (unpaired) electrons. The standard InChI is InChI=1S/C48H53Cl2FN8O6/c1-56-37-24-27(8-15-35(37)59(46(56)65)36-16-17-38(60)54-42(36)61)26-57-20-22-58(23-21-57)44(63)28-9-12-30(13-10-28)52-43(62)41-39(31-6-5-7-33(50)40(31)51)48(47(55-41)18-3-2-4-19-47)32-14-11-29(49)25-34(32)53-45(48)64/h5-8,11,14-15,24-25,28,30,36,39,41,55H,2-4,9-10,12-13,16-23,26H2,1H3,(H,52,62)(H,53,64)(H,54,60,61)/t28?,30?,36?,39-,41?,48+/m0/s1. The Morgan fingerprint density at radius 2 is 1.62 bits per heavy atom. The molecule has 5 heterocycles. The van der Waals surface area contributed by atoms with E-state index in [0.717, 1.165) is 24.8 Å². The van der Waals surface area contributed by atoms with Crippen molar-refractivity contribution in [1.29, 1.82) is 0 Å². The first-order valence-corrected chi connectivity index (χ1v) is 23.7. The van der Waals surface area contributed by atoms with E-state index in [1.54, 1.807) is 31.3 Å². The van der Waals surface area contributed by atoms with Gasteiger partial charge < -0.3 is 15.5 Å². The average molecular weight is 928 g/mol. The number of aryl methyl sites for hydroxylation is 1. The Labute approximate surface area is 385 Å². The molecule has 2 saturated carbocycles. The number of carbonyl (C=O) groups is 5. The highest BCUT2D eigenvalue weighted by atomic mass is 35.5. The molecule has 2 unspecified atom stereocenters. The molecule has 4 atom stereocenters. The number of aromatic nitrogens is 2. The number of imidazole rings is 1. The third kappa shape index (κ3) is 7.28. The van der Waals surface area contributed by atoms with E-state index in [-0.39, 0.29) is 64.7 Å². The van der Waals surface area contributed by atoms with Gasteiger partial charge in [0, 0.05) is 80.3 Å². The predicted molar refractivity (Wildman–Crippen MR) is 243 cm³/mol. The molecule has 1 aromatic heterocycles. The lowest BCUT2D eigenvalue weighted by atomic mass is 9.55. The van der Waals surface area contributed by atoms with Crippen LogP contribution in [-0.4, -0.2) is 92.3 Å². The number of carbonyl (C=O) groups excluding carboxylic acids is 5. The molecule has 10 rings (SSSR count). The van der Waals surface area contributed by atoms with Crippen molar-refractivity contribution < 1.29 is 28.4 Å². The van der Waals surface area contributed by atoms with E-state index < -0.39 is 40.7 Å². The van der Waals surface area contributed by atoms with Crippen LogP contribution in [0.2, 0.25) is 10.0 Å². The monoisotopic (exact) mass is 926 g/mol. The van der Waals surface area contributed by atoms with Gasteiger partial charge in [-0.3, -0.25) is 48.6 Å². The summed E-state index contributed by atoms with van der Waals surface area (Å²) in [5.74, 6) is -2.97. The average Bonchev–Trinajstić information content (AvgIpc) is 3.85. The van der Waals surface area contributed by atoms with Crippen molar-refractivity contribution in [2.24, 2.45) is 13.0 Å². The molecular formula is C48H53Cl2FN8O6. The minimum atomic E-state index is -1.31. The van der Waals surface area contributed by atoms with Crippen molar-refractivity contribution in [1.82, 2.24) is 34.9 Å². The maximum Gasteiger partial charge on any atom is 0.329 e. The van der Waals surface area contributed by atoms with Gasteiger partial charge in [0.2, 0.25) is 29.5 Å². The van der Waals surface area contributed by atoms with Crippen molar-refractivity contribution in [2.75, 3.05) is 31.5 Å². The van der Waals surface area contributed by atoms with Crippen LogP contribution in [0.25, 0.3) is 11.0 Å². The third-order valence-electron chi connectivity index (χ3n) is 15.5. The number of rotatable bonds is 7. The maximum absolute atomic E-state index is 16.3. The molecule has 0 bridgehead atoms. The van der Waals surface area contributed by atoms with Crippen LogP contribution in [0.4, 0.5) is 10.1 Å². The normalized spacial score (nSPS) is 27.8. The number of piperazine rings is 1. The number of hydrogen-bond donors (Lipinski definition) is 4. The summed E-state index contributed by atoms with van der Waals surface area (Å²) in [6.45, 7) is 3.18. The van der Waals surface area contributed by atoms with Crippen molar-refractivity contribution in [3.05, 3.63) is 97.6 Å². The number of anilines is 1. The number of amides is 5. The van der Waals surface area contributed by atoms with Crippen LogP contribution in [0, 0.1) is 11.7 Å². The molecule has 5 amide bonds. The molecule has 65 heavy (non-hydrogen) atoms. The number of halogens is 3. The van der Waals surface area contributed by atoms with Crippen LogP contribution in [0.15, 0.2) is 59.4 Å². The molecule has 2 aliphatic carbocycles. The summed E-state index contributed by atoms with van der Waals surface area (Å²) in [5, 5.41) is 12.8. The Morgan fingerprint density at radius 1 is 0.862 bits per heavy atom. The Balaban J connectivity index is 0.791. The zero-order chi connectivity index (χ0) is 45.4. The van der Waals surface area contributed by atoms with Crippen molar-refractivity contribution >= 4 is 69.5 Å². The van der Waals surface area contributed by atoms with Crippen LogP contribution in [0.3, 0.4) is 0 Å². The quantitative estimate of drug-likeness (QED) is 0.178. The van der Waals surface area contributed by atoms with Crippen LogP contribution >= 0.6 is 23.2 Å². The number of benzene rings is 3. The summed E-state index contributed by atoms with van der Waals surface area (Å²) in [7, 11) is 1.68. The molecule has 17 heteroatoms. The van der Waals surface area contributed by atoms with Gasteiger partial charge in [-0.2, -0.15) is 0 Å². The van der Waals surface area contributed by atoms with Gasteiger partial charge in [0.1, 0.15) is 17.3 Å². The first kappa shape index (κ1) is 43.8. The molecular weight excluding hydrogens is 874 g/mol. The second-order valence-corrected chi connectivity index (χ2v) is 19.8. The Morgan fingerprint density at radius 3 is 2.35 bits per heavy atom. The van der Waals surface area contributed by atoms with Gasteiger partial charge >= 0.3 is 5.69 Å². The summed E-state index contributed by atoms with van der Waals surface area (Å²) < 4.78 is 19.4. The van der Waals surface area contributed by atoms with Gasteiger partial charge in [-0.15, -0.1) is 0 Å². The molecule has 3 aromatic carbocycles. The van der Waals surface area contributed by atoms with E-state index in [1.807, 2.05) is 29.2 Å². The lowest BCUT2D eigenvalue weighted by molar-refractivity contribution is -0.139. The number of nitrogens with one attached hydrogen (secondary N) is 4. The van der Waals surface area contributed by atoms with E-state index in [0.29, 0.717) is 98.6 Å². The summed E-state index contributed by atoms with van der Waals surface area (Å²) in [5.41, 5.74) is 1.40. The molecule has 342 valence electrons. The molecule has 5 fully saturated rings. The van der Waals surface area contributed by atoms with Gasteiger partial charge in [-0.25, -0.2) is 9.18 Å². The fraction of sp³-hybridized carbons (Fsp3) is 0.500. The second-order valence-electron chi connectivity index (χ2n) is 19.0. The summed E-state index contributed by atoms with van der Waals surface area (Å²) >= 11 is 12.8. The van der Waals surface area contributed by atoms with Gasteiger partial charge in [-0.05, 0) is 92.0 Å². The highest BCUT2D eigenvalue weighted by molar-refractivity contribution is 6.31. The number of piperidine rings is 1. The largest absolute Gasteiger partial charge is 0.352 e. The van der Waals surface area contributed by atoms with Crippen LogP contribution in [0.5, 0.6) is 0 Å². The summed E-state index contributed by atoms with van der Waals surface area (Å²) in [4.78, 5) is 85.2. The van der Waals surface area contributed by atoms with Crippen LogP contribution < -0.4 is 27.0 Å². The Kier molecular flexibility index (Phi) is 11.4. The van der Waals surface area contributed by atoms with Gasteiger partial charge in [0.05, 0.1) is 22.1 Å². The molecule has 4 aliphatic heterocycles.